The van der Waals surface area contributed by atoms with Crippen molar-refractivity contribution in [1.29, 1.82) is 0 Å². The van der Waals surface area contributed by atoms with Gasteiger partial charge in [0.15, 0.2) is 12.6 Å². The van der Waals surface area contributed by atoms with Crippen LogP contribution in [0.15, 0.2) is 0 Å². The van der Waals surface area contributed by atoms with E-state index in [0.717, 1.165) is 0 Å². The van der Waals surface area contributed by atoms with Gasteiger partial charge in [0, 0.05) is 131 Å². The van der Waals surface area contributed by atoms with Crippen LogP contribution in [0.1, 0.15) is 130 Å². The fraction of sp³-hybridized carbons (Fsp3) is 0.859. The van der Waals surface area contributed by atoms with Crippen molar-refractivity contribution >= 4 is 53.2 Å². The van der Waals surface area contributed by atoms with Crippen LogP contribution in [0, 0.1) is 5.92 Å². The van der Waals surface area contributed by atoms with E-state index in [1.807, 2.05) is 0 Å². The third-order valence-corrected chi connectivity index (χ3v) is 16.3. The molecule has 0 bridgehead atoms. The van der Waals surface area contributed by atoms with E-state index in [1.54, 1.807) is 7.05 Å². The second kappa shape index (κ2) is 53.3. The first kappa shape index (κ1) is 90.6. The lowest BCUT2D eigenvalue weighted by Crippen LogP contribution is -2.64. The average molecular weight is 1440 g/mol. The molecule has 1 saturated heterocycles. The predicted molar refractivity (Wildman–Crippen MR) is 355 cm³/mol. The van der Waals surface area contributed by atoms with Crippen LogP contribution < -0.4 is 53.2 Å². The number of carbonyl (C=O) groups excluding carboxylic acids is 9. The molecule has 0 aromatic rings. The summed E-state index contributed by atoms with van der Waals surface area (Å²) >= 11 is 0. The Bertz CT molecular complexity index is 2240. The number of hydrogen-bond donors (Lipinski definition) is 19. The minimum Gasteiger partial charge on any atom is -0.396 e. The summed E-state index contributed by atoms with van der Waals surface area (Å²) in [4.78, 5) is 111. The molecule has 2 rings (SSSR count). The molecule has 0 aromatic carbocycles. The molecule has 580 valence electrons. The molecule has 2 fully saturated rings. The standard InChI is InChI=1S/C64H118N10O26/c1-41(79)48(36-77)99-62(46(35-76)72-42(2)80)97-28-10-7-16-51(84)67-22-13-25-70-54(87)19-31-94-39-64(65-5,38-93-30-18-53(86)69-24-12-21-66-50(83)15-6-9-27-96-47-33-45(34-75)58(89)60(91)56(47)73-43(3)81)40-95-32-20-55(88)71-26-14-23-68-52(85)17-8-11-29-98-63-57(74-44(4)82)61(92)59(90)49(37-78)100-63/h41,45-49,56-63,65,75-79,89-92H,6-40H2,1-5H3,(H,66,83)(H,67,84)(H,68,85)(H,69,86)(H,70,87)(H,71,88)(H,72,80)(H,73,81)(H,74,82)/t41-,45?,46+,47?,48?,49?,56?,57?,58?,59?,60?,61?,62?,63?,64?/m1/s1. The second-order valence-electron chi connectivity index (χ2n) is 24.9. The Morgan fingerprint density at radius 2 is 0.910 bits per heavy atom. The molecule has 1 aliphatic carbocycles. The second-order valence-corrected chi connectivity index (χ2v) is 24.9. The van der Waals surface area contributed by atoms with Crippen molar-refractivity contribution in [2.45, 2.75) is 216 Å². The summed E-state index contributed by atoms with van der Waals surface area (Å²) in [7, 11) is 1.66. The van der Waals surface area contributed by atoms with Crippen LogP contribution >= 0.6 is 0 Å². The van der Waals surface area contributed by atoms with Crippen molar-refractivity contribution in [3.8, 4) is 0 Å². The lowest BCUT2D eigenvalue weighted by Gasteiger charge is -2.42. The Morgan fingerprint density at radius 3 is 1.30 bits per heavy atom. The van der Waals surface area contributed by atoms with Gasteiger partial charge in [-0.05, 0) is 78.2 Å². The Hall–Kier alpha value is -5.49. The largest absolute Gasteiger partial charge is 0.396 e. The third kappa shape index (κ3) is 38.7. The van der Waals surface area contributed by atoms with Gasteiger partial charge in [0.1, 0.15) is 42.6 Å². The first-order valence-electron chi connectivity index (χ1n) is 34.7. The number of hydrogen-bond acceptors (Lipinski definition) is 27. The van der Waals surface area contributed by atoms with Crippen LogP contribution in [0.2, 0.25) is 0 Å². The van der Waals surface area contributed by atoms with E-state index in [1.165, 1.54) is 27.7 Å². The van der Waals surface area contributed by atoms with Gasteiger partial charge < -0.3 is 137 Å². The molecule has 0 spiro atoms. The molecule has 0 radical (unpaired) electrons. The molecule has 1 saturated carbocycles. The SMILES string of the molecule is CNC(COCCC(=O)NCCCNC(=O)CCCCOC1CC(CO)C(O)C(O)C1NC(C)=O)(COCCC(=O)NCCCNC(=O)CCCCOC1OC(CO)C(O)C(O)C1NC(C)=O)COCCC(=O)NCCCNC(=O)CCCCOC(OC(CO)[C@@H](C)O)[C@H](CO)NC(C)=O. The van der Waals surface area contributed by atoms with Crippen LogP contribution in [-0.4, -0.2) is 316 Å². The highest BCUT2D eigenvalue weighted by Gasteiger charge is 2.46. The summed E-state index contributed by atoms with van der Waals surface area (Å²) in [5.41, 5.74) is -0.995. The highest BCUT2D eigenvalue weighted by Crippen LogP contribution is 2.28. The molecule has 1 aliphatic heterocycles. The number of ether oxygens (including phenoxy) is 8. The zero-order chi connectivity index (χ0) is 74.3. The summed E-state index contributed by atoms with van der Waals surface area (Å²) in [6.07, 6.45) is -6.78. The Labute approximate surface area is 585 Å². The molecule has 19 N–H and O–H groups in total. The fourth-order valence-electron chi connectivity index (χ4n) is 10.5. The number of likely N-dealkylation sites (N-methyl/N-ethyl adjacent to an activating group) is 1. The van der Waals surface area contributed by atoms with Crippen LogP contribution in [0.3, 0.4) is 0 Å². The van der Waals surface area contributed by atoms with Gasteiger partial charge in [-0.25, -0.2) is 0 Å². The van der Waals surface area contributed by atoms with Crippen molar-refractivity contribution in [2.75, 3.05) is 132 Å². The smallest absolute Gasteiger partial charge is 0.222 e. The number of aliphatic hydroxyl groups excluding tert-OH is 9. The van der Waals surface area contributed by atoms with E-state index in [2.05, 4.69) is 53.2 Å². The zero-order valence-electron chi connectivity index (χ0n) is 58.8. The molecule has 0 aromatic heterocycles. The van der Waals surface area contributed by atoms with E-state index in [9.17, 15) is 89.1 Å². The van der Waals surface area contributed by atoms with E-state index in [0.29, 0.717) is 70.9 Å². The first-order chi connectivity index (χ1) is 47.8. The van der Waals surface area contributed by atoms with E-state index < -0.39 is 129 Å². The topological polar surface area (TPSA) is 530 Å². The van der Waals surface area contributed by atoms with E-state index in [-0.39, 0.29) is 173 Å². The molecule has 15 atom stereocenters. The van der Waals surface area contributed by atoms with Gasteiger partial charge in [-0.15, -0.1) is 0 Å². The average Bonchev–Trinajstić information content (AvgIpc) is 0.815. The normalized spacial score (nSPS) is 22.4. The van der Waals surface area contributed by atoms with Crippen molar-refractivity contribution in [2.24, 2.45) is 5.92 Å². The number of rotatable bonds is 57. The maximum atomic E-state index is 12.8. The highest BCUT2D eigenvalue weighted by molar-refractivity contribution is 5.78. The molecule has 1 heterocycles. The maximum Gasteiger partial charge on any atom is 0.222 e. The molecular formula is C64H118N10O26. The zero-order valence-corrected chi connectivity index (χ0v) is 58.8. The van der Waals surface area contributed by atoms with Gasteiger partial charge in [-0.3, -0.25) is 43.2 Å². The molecule has 100 heavy (non-hydrogen) atoms. The van der Waals surface area contributed by atoms with Crippen LogP contribution in [0.4, 0.5) is 0 Å². The van der Waals surface area contributed by atoms with Crippen molar-refractivity contribution in [1.82, 2.24) is 53.2 Å². The van der Waals surface area contributed by atoms with Crippen LogP contribution in [0.5, 0.6) is 0 Å². The van der Waals surface area contributed by atoms with Gasteiger partial charge in [-0.2, -0.15) is 0 Å². The fourth-order valence-corrected chi connectivity index (χ4v) is 10.5. The van der Waals surface area contributed by atoms with Gasteiger partial charge in [0.2, 0.25) is 53.2 Å². The molecule has 2 aliphatic rings. The number of unbranched alkanes of at least 4 members (excludes halogenated alkanes) is 3. The van der Waals surface area contributed by atoms with Crippen LogP contribution in [-0.2, 0) is 81.0 Å². The summed E-state index contributed by atoms with van der Waals surface area (Å²) in [5, 5.41) is 117. The van der Waals surface area contributed by atoms with Crippen molar-refractivity contribution in [3.63, 3.8) is 0 Å². The van der Waals surface area contributed by atoms with E-state index in [4.69, 9.17) is 37.9 Å². The lowest BCUT2D eigenvalue weighted by molar-refractivity contribution is -0.270. The van der Waals surface area contributed by atoms with Crippen molar-refractivity contribution < 1.29 is 127 Å². The number of amides is 9. The predicted octanol–water partition coefficient (Wildman–Crippen LogP) is -6.27. The first-order valence-corrected chi connectivity index (χ1v) is 34.7. The molecule has 9 amide bonds. The van der Waals surface area contributed by atoms with Gasteiger partial charge in [0.05, 0.1) is 89.4 Å². The summed E-state index contributed by atoms with van der Waals surface area (Å²) in [5.74, 6) is -3.48. The number of aliphatic hydroxyl groups is 9. The summed E-state index contributed by atoms with van der Waals surface area (Å²) in [6, 6.07) is -2.89. The molecular weight excluding hydrogens is 1320 g/mol. The monoisotopic (exact) mass is 1440 g/mol. The third-order valence-electron chi connectivity index (χ3n) is 16.3. The Kier molecular flexibility index (Phi) is 48.3. The highest BCUT2D eigenvalue weighted by atomic mass is 16.7. The van der Waals surface area contributed by atoms with Crippen molar-refractivity contribution in [3.05, 3.63) is 0 Å². The maximum absolute atomic E-state index is 12.8. The molecule has 36 nitrogen and oxygen atoms in total. The van der Waals surface area contributed by atoms with Gasteiger partial charge in [-0.1, -0.05) is 0 Å². The minimum absolute atomic E-state index is 0.00219. The van der Waals surface area contributed by atoms with Crippen LogP contribution in [0.25, 0.3) is 0 Å². The van der Waals surface area contributed by atoms with E-state index >= 15 is 0 Å². The van der Waals surface area contributed by atoms with Gasteiger partial charge in [0.25, 0.3) is 0 Å². The minimum atomic E-state index is -1.44. The van der Waals surface area contributed by atoms with Gasteiger partial charge >= 0.3 is 0 Å². The Morgan fingerprint density at radius 1 is 0.490 bits per heavy atom. The molecule has 36 heteroatoms. The quantitative estimate of drug-likeness (QED) is 0.0199. The molecule has 13 unspecified atom stereocenters. The summed E-state index contributed by atoms with van der Waals surface area (Å²) in [6.45, 7) is 5.33. The lowest BCUT2D eigenvalue weighted by atomic mass is 9.79. The Balaban J connectivity index is 1.79. The number of nitrogens with one attached hydrogen (secondary N) is 10. The number of carbonyl (C=O) groups is 9. The summed E-state index contributed by atoms with van der Waals surface area (Å²) < 4.78 is 46.3.